The number of aliphatic carboxylic acids is 1. The molecule has 16 heavy (non-hydrogen) atoms. The van der Waals surface area contributed by atoms with E-state index in [0.717, 1.165) is 18.3 Å². The first-order chi connectivity index (χ1) is 7.00. The second-order valence-electron chi connectivity index (χ2n) is 2.40. The lowest BCUT2D eigenvalue weighted by molar-refractivity contribution is -0.141. The average Bonchev–Trinajstić information content (AvgIpc) is 2.51. The van der Waals surface area contributed by atoms with E-state index in [1.807, 2.05) is 0 Å². The first-order valence-electron chi connectivity index (χ1n) is 3.71. The van der Waals surface area contributed by atoms with Crippen LogP contribution in [0.4, 0.5) is 5.13 Å². The van der Waals surface area contributed by atoms with Crippen LogP contribution in [0.5, 0.6) is 0 Å². The Hall–Kier alpha value is -2.00. The fourth-order valence-corrected chi connectivity index (χ4v) is 1.25. The third kappa shape index (κ3) is 3.63. The maximum atomic E-state index is 10.7. The molecule has 0 amide bonds. The summed E-state index contributed by atoms with van der Waals surface area (Å²) in [5.74, 6) is -2.06. The molecule has 0 fully saturated rings. The Morgan fingerprint density at radius 1 is 1.62 bits per heavy atom. The fourth-order valence-electron chi connectivity index (χ4n) is 0.702. The number of carbonyl (C=O) groups is 2. The summed E-state index contributed by atoms with van der Waals surface area (Å²) in [5.41, 5.74) is 4.93. The Morgan fingerprint density at radius 2 is 2.25 bits per heavy atom. The van der Waals surface area contributed by atoms with Gasteiger partial charge in [-0.05, 0) is 0 Å². The van der Waals surface area contributed by atoms with Gasteiger partial charge in [-0.3, -0.25) is 0 Å². The third-order valence-corrected chi connectivity index (χ3v) is 1.91. The zero-order valence-electron chi connectivity index (χ0n) is 8.13. The lowest BCUT2D eigenvalue weighted by Crippen LogP contribution is -2.16. The largest absolute Gasteiger partial charge is 0.476 e. The van der Waals surface area contributed by atoms with E-state index >= 15 is 0 Å². The second kappa shape index (κ2) is 5.78. The summed E-state index contributed by atoms with van der Waals surface area (Å²) in [5, 5.41) is 13.5. The average molecular weight is 247 g/mol. The lowest BCUT2D eigenvalue weighted by Gasteiger charge is -1.95. The molecule has 0 saturated heterocycles. The number of thiazole rings is 1. The molecule has 0 radical (unpaired) electrons. The van der Waals surface area contributed by atoms with Crippen LogP contribution in [-0.4, -0.2) is 33.2 Å². The minimum Gasteiger partial charge on any atom is -0.476 e. The number of carbonyl (C=O) groups excluding carboxylic acids is 1. The zero-order chi connectivity index (χ0) is 11.4. The fraction of sp³-hybridized carbons (Fsp3) is 0.143. The number of nitrogen functional groups attached to an aromatic ring is 1. The highest BCUT2D eigenvalue weighted by molar-refractivity contribution is 7.13. The maximum absolute atomic E-state index is 10.7. The van der Waals surface area contributed by atoms with Crippen molar-refractivity contribution in [3.05, 3.63) is 11.1 Å². The van der Waals surface area contributed by atoms with E-state index in [0.29, 0.717) is 0 Å². The molecule has 8 nitrogen and oxygen atoms in total. The molecule has 5 N–H and O–H groups in total. The molecule has 0 aliphatic carbocycles. The number of hydrogen-bond donors (Lipinski definition) is 2. The Bertz CT molecular complexity index is 427. The highest BCUT2D eigenvalue weighted by Gasteiger charge is 2.17. The number of carboxylic acids is 1. The summed E-state index contributed by atoms with van der Waals surface area (Å²) in [6.45, 7) is 1.11. The lowest BCUT2D eigenvalue weighted by atomic mass is 10.3. The van der Waals surface area contributed by atoms with Gasteiger partial charge in [-0.15, -0.1) is 11.3 Å². The van der Waals surface area contributed by atoms with Crippen LogP contribution in [0.2, 0.25) is 0 Å². The summed E-state index contributed by atoms with van der Waals surface area (Å²) in [6.07, 6.45) is 0. The van der Waals surface area contributed by atoms with E-state index in [2.05, 4.69) is 15.0 Å². The number of rotatable bonds is 3. The number of nitrogens with two attached hydrogens (primary N) is 1. The van der Waals surface area contributed by atoms with Crippen LogP contribution in [-0.2, 0) is 14.4 Å². The molecule has 0 atom stereocenters. The summed E-state index contributed by atoms with van der Waals surface area (Å²) in [4.78, 5) is 29.1. The van der Waals surface area contributed by atoms with Crippen molar-refractivity contribution in [1.82, 2.24) is 4.98 Å². The molecule has 0 spiro atoms. The van der Waals surface area contributed by atoms with Gasteiger partial charge in [0.25, 0.3) is 0 Å². The van der Waals surface area contributed by atoms with Crippen molar-refractivity contribution in [3.8, 4) is 0 Å². The number of hydrogen-bond acceptors (Lipinski definition) is 7. The van der Waals surface area contributed by atoms with E-state index in [4.69, 9.17) is 10.8 Å². The molecule has 0 saturated carbocycles. The van der Waals surface area contributed by atoms with Gasteiger partial charge in [0.05, 0.1) is 0 Å². The Morgan fingerprint density at radius 3 is 2.62 bits per heavy atom. The molecule has 0 aliphatic heterocycles. The van der Waals surface area contributed by atoms with E-state index in [1.54, 1.807) is 0 Å². The number of nitrogens with zero attached hydrogens (tertiary/aromatic N) is 2. The summed E-state index contributed by atoms with van der Waals surface area (Å²) in [7, 11) is 0. The van der Waals surface area contributed by atoms with E-state index in [9.17, 15) is 9.59 Å². The molecular formula is C7H9N3O5S. The molecule has 1 aromatic rings. The second-order valence-corrected chi connectivity index (χ2v) is 3.29. The molecule has 9 heteroatoms. The maximum Gasteiger partial charge on any atom is 0.360 e. The minimum absolute atomic E-state index is 0. The Kier molecular flexibility index (Phi) is 5.06. The van der Waals surface area contributed by atoms with Crippen LogP contribution in [0.15, 0.2) is 10.5 Å². The third-order valence-electron chi connectivity index (χ3n) is 1.23. The van der Waals surface area contributed by atoms with Gasteiger partial charge < -0.3 is 21.2 Å². The van der Waals surface area contributed by atoms with Crippen LogP contribution < -0.4 is 5.73 Å². The first kappa shape index (κ1) is 14.0. The van der Waals surface area contributed by atoms with Crippen molar-refractivity contribution >= 4 is 34.1 Å². The van der Waals surface area contributed by atoms with Gasteiger partial charge in [-0.25, -0.2) is 14.6 Å². The van der Waals surface area contributed by atoms with Crippen LogP contribution in [0.1, 0.15) is 12.6 Å². The van der Waals surface area contributed by atoms with Crippen molar-refractivity contribution in [3.63, 3.8) is 0 Å². The predicted octanol–water partition coefficient (Wildman–Crippen LogP) is -0.748. The Balaban J connectivity index is 0.00000225. The van der Waals surface area contributed by atoms with Crippen molar-refractivity contribution in [2.24, 2.45) is 5.16 Å². The molecule has 88 valence electrons. The predicted molar refractivity (Wildman–Crippen MR) is 56.1 cm³/mol. The highest BCUT2D eigenvalue weighted by atomic mass is 32.1. The summed E-state index contributed by atoms with van der Waals surface area (Å²) >= 11 is 1.07. The molecule has 1 heterocycles. The van der Waals surface area contributed by atoms with Gasteiger partial charge in [0.15, 0.2) is 5.13 Å². The van der Waals surface area contributed by atoms with Gasteiger partial charge in [0, 0.05) is 12.3 Å². The molecule has 0 aliphatic rings. The molecule has 0 aromatic carbocycles. The molecule has 1 aromatic heterocycles. The van der Waals surface area contributed by atoms with Crippen LogP contribution in [0.3, 0.4) is 0 Å². The molecule has 1 rings (SSSR count). The van der Waals surface area contributed by atoms with E-state index in [-0.39, 0.29) is 16.3 Å². The minimum atomic E-state index is -1.35. The van der Waals surface area contributed by atoms with Gasteiger partial charge >= 0.3 is 11.9 Å². The number of aromatic nitrogens is 1. The van der Waals surface area contributed by atoms with E-state index in [1.165, 1.54) is 5.38 Å². The molecular weight excluding hydrogens is 238 g/mol. The molecule has 0 bridgehead atoms. The highest BCUT2D eigenvalue weighted by Crippen LogP contribution is 2.12. The summed E-state index contributed by atoms with van der Waals surface area (Å²) < 4.78 is 0. The first-order valence-corrected chi connectivity index (χ1v) is 4.59. The van der Waals surface area contributed by atoms with Crippen molar-refractivity contribution in [1.29, 1.82) is 0 Å². The van der Waals surface area contributed by atoms with Gasteiger partial charge in [-0.1, -0.05) is 5.16 Å². The number of carboxylic acid groups (broad SMARTS) is 1. The normalized spacial score (nSPS) is 10.4. The van der Waals surface area contributed by atoms with Gasteiger partial charge in [-0.2, -0.15) is 0 Å². The van der Waals surface area contributed by atoms with Gasteiger partial charge in [0.1, 0.15) is 5.69 Å². The quantitative estimate of drug-likeness (QED) is 0.408. The smallest absolute Gasteiger partial charge is 0.360 e. The summed E-state index contributed by atoms with van der Waals surface area (Å²) in [6, 6.07) is 0. The molecule has 0 unspecified atom stereocenters. The van der Waals surface area contributed by atoms with Crippen LogP contribution in [0.25, 0.3) is 0 Å². The van der Waals surface area contributed by atoms with Crippen molar-refractivity contribution in [2.45, 2.75) is 6.92 Å². The Labute approximate surface area is 93.7 Å². The van der Waals surface area contributed by atoms with Crippen LogP contribution >= 0.6 is 11.3 Å². The standard InChI is InChI=1S/C7H7N3O4S.H2O/c1-3(11)14-10-5(6(12)13)4-2-15-7(8)9-4;/h2H,1H3,(H2,8,9)(H,12,13);1H2/b10-5+;. The van der Waals surface area contributed by atoms with E-state index < -0.39 is 17.7 Å². The number of oxime groups is 1. The monoisotopic (exact) mass is 247 g/mol. The topological polar surface area (TPSA) is 146 Å². The van der Waals surface area contributed by atoms with Crippen molar-refractivity contribution in [2.75, 3.05) is 5.73 Å². The van der Waals surface area contributed by atoms with Gasteiger partial charge in [0.2, 0.25) is 5.71 Å². The SMILES string of the molecule is CC(=O)O/N=C(/C(=O)O)c1csc(N)n1.O. The number of anilines is 1. The van der Waals surface area contributed by atoms with Crippen molar-refractivity contribution < 1.29 is 25.0 Å². The van der Waals surface area contributed by atoms with Crippen LogP contribution in [0, 0.1) is 0 Å². The zero-order valence-corrected chi connectivity index (χ0v) is 8.95.